The topological polar surface area (TPSA) is 24.5 Å². The molecule has 2 aromatic carbocycles. The highest BCUT2D eigenvalue weighted by molar-refractivity contribution is 5.56. The molecule has 0 radical (unpaired) electrons. The molecular weight excluding hydrogens is 327 g/mol. The Kier molecular flexibility index (Phi) is 6.28. The van der Waals surface area contributed by atoms with Crippen molar-refractivity contribution in [2.24, 2.45) is 0 Å². The third-order valence-corrected chi connectivity index (χ3v) is 5.25. The first-order valence-corrected chi connectivity index (χ1v) is 9.53. The molecule has 1 heterocycles. The average Bonchev–Trinajstić information content (AvgIpc) is 2.73. The van der Waals surface area contributed by atoms with Gasteiger partial charge in [-0.2, -0.15) is 0 Å². The maximum absolute atomic E-state index is 15.6. The number of hydrogen-bond donors (Lipinski definition) is 1. The molecule has 26 heavy (non-hydrogen) atoms. The molecule has 0 aliphatic carbocycles. The molecule has 0 spiro atoms. The monoisotopic (exact) mass is 356 g/mol. The van der Waals surface area contributed by atoms with Gasteiger partial charge in [0.1, 0.15) is 0 Å². The van der Waals surface area contributed by atoms with Crippen LogP contribution >= 0.6 is 0 Å². The number of aryl methyl sites for hydroxylation is 2. The smallest absolute Gasteiger partial charge is 0.235 e. The zero-order chi connectivity index (χ0) is 18.4. The summed E-state index contributed by atoms with van der Waals surface area (Å²) in [4.78, 5) is 2.38. The molecule has 1 atom stereocenters. The Hall–Kier alpha value is -1.91. The first-order chi connectivity index (χ1) is 12.7. The molecule has 0 aromatic heterocycles. The van der Waals surface area contributed by atoms with E-state index < -0.39 is 5.85 Å². The first-order valence-electron chi connectivity index (χ1n) is 9.53. The van der Waals surface area contributed by atoms with Gasteiger partial charge < -0.3 is 15.0 Å². The number of rotatable bonds is 7. The molecule has 4 heteroatoms. The lowest BCUT2D eigenvalue weighted by molar-refractivity contribution is -0.134. The van der Waals surface area contributed by atoms with Gasteiger partial charge in [-0.05, 0) is 36.1 Å². The maximum atomic E-state index is 15.6. The third-order valence-electron chi connectivity index (χ3n) is 5.25. The van der Waals surface area contributed by atoms with E-state index in [1.807, 2.05) is 42.5 Å². The Balaban J connectivity index is 1.80. The number of hydrogen-bond acceptors (Lipinski definition) is 3. The summed E-state index contributed by atoms with van der Waals surface area (Å²) >= 11 is 0. The van der Waals surface area contributed by atoms with Crippen LogP contribution in [0.3, 0.4) is 0 Å². The van der Waals surface area contributed by atoms with Gasteiger partial charge in [0.2, 0.25) is 5.85 Å². The summed E-state index contributed by atoms with van der Waals surface area (Å²) in [6.45, 7) is 6.10. The molecule has 1 aliphatic heterocycles. The number of halogens is 1. The lowest BCUT2D eigenvalue weighted by atomic mass is 9.95. The van der Waals surface area contributed by atoms with Crippen molar-refractivity contribution in [3.05, 3.63) is 65.2 Å². The molecule has 1 unspecified atom stereocenters. The fourth-order valence-electron chi connectivity index (χ4n) is 3.63. The van der Waals surface area contributed by atoms with Gasteiger partial charge in [-0.3, -0.25) is 0 Å². The molecule has 1 aliphatic rings. The van der Waals surface area contributed by atoms with E-state index in [9.17, 15) is 0 Å². The van der Waals surface area contributed by atoms with Gasteiger partial charge >= 0.3 is 0 Å². The predicted octanol–water partition coefficient (Wildman–Crippen LogP) is 4.06. The van der Waals surface area contributed by atoms with Crippen molar-refractivity contribution in [2.75, 3.05) is 38.2 Å². The van der Waals surface area contributed by atoms with Crippen molar-refractivity contribution in [1.82, 2.24) is 5.32 Å². The second kappa shape index (κ2) is 8.65. The Bertz CT molecular complexity index is 701. The molecule has 1 saturated heterocycles. The van der Waals surface area contributed by atoms with E-state index >= 15 is 4.39 Å². The van der Waals surface area contributed by atoms with E-state index in [1.54, 1.807) is 0 Å². The Morgan fingerprint density at radius 2 is 1.85 bits per heavy atom. The Morgan fingerprint density at radius 3 is 2.50 bits per heavy atom. The molecule has 2 aromatic rings. The molecule has 1 fully saturated rings. The van der Waals surface area contributed by atoms with E-state index in [2.05, 4.69) is 23.2 Å². The number of alkyl halides is 1. The average molecular weight is 356 g/mol. The fourth-order valence-corrected chi connectivity index (χ4v) is 3.63. The van der Waals surface area contributed by atoms with Crippen molar-refractivity contribution < 1.29 is 9.13 Å². The van der Waals surface area contributed by atoms with Gasteiger partial charge in [0, 0.05) is 51.0 Å². The van der Waals surface area contributed by atoms with Crippen LogP contribution in [0.15, 0.2) is 48.5 Å². The van der Waals surface area contributed by atoms with E-state index in [0.29, 0.717) is 18.4 Å². The van der Waals surface area contributed by atoms with Crippen LogP contribution in [0.2, 0.25) is 0 Å². The van der Waals surface area contributed by atoms with Crippen molar-refractivity contribution in [3.63, 3.8) is 0 Å². The van der Waals surface area contributed by atoms with Gasteiger partial charge in [-0.1, -0.05) is 43.3 Å². The van der Waals surface area contributed by atoms with Gasteiger partial charge in [-0.25, -0.2) is 4.39 Å². The summed E-state index contributed by atoms with van der Waals surface area (Å²) in [6.07, 6.45) is 1.83. The van der Waals surface area contributed by atoms with Crippen molar-refractivity contribution in [1.29, 1.82) is 0 Å². The summed E-state index contributed by atoms with van der Waals surface area (Å²) < 4.78 is 20.9. The summed E-state index contributed by atoms with van der Waals surface area (Å²) in [5.74, 6) is -1.76. The van der Waals surface area contributed by atoms with E-state index in [1.165, 1.54) is 18.4 Å². The summed E-state index contributed by atoms with van der Waals surface area (Å²) in [6, 6.07) is 16.0. The lowest BCUT2D eigenvalue weighted by Gasteiger charge is -2.32. The van der Waals surface area contributed by atoms with Crippen LogP contribution in [0.4, 0.5) is 10.1 Å². The van der Waals surface area contributed by atoms with E-state index in [0.717, 1.165) is 38.2 Å². The highest BCUT2D eigenvalue weighted by atomic mass is 19.2. The Labute approximate surface area is 156 Å². The van der Waals surface area contributed by atoms with Crippen LogP contribution in [-0.4, -0.2) is 33.3 Å². The highest BCUT2D eigenvalue weighted by Crippen LogP contribution is 2.35. The molecule has 3 nitrogen and oxygen atoms in total. The minimum atomic E-state index is -1.76. The van der Waals surface area contributed by atoms with Crippen LogP contribution in [0, 0.1) is 0 Å². The van der Waals surface area contributed by atoms with Crippen LogP contribution in [0.1, 0.15) is 30.0 Å². The first kappa shape index (κ1) is 18.9. The van der Waals surface area contributed by atoms with E-state index in [4.69, 9.17) is 4.74 Å². The SMILES string of the molecule is CCc1cc(C(F)(CCc2ccccc2)OC)ccc1N1CCNCC1. The molecule has 0 amide bonds. The predicted molar refractivity (Wildman–Crippen MR) is 105 cm³/mol. The highest BCUT2D eigenvalue weighted by Gasteiger charge is 2.32. The van der Waals surface area contributed by atoms with Crippen LogP contribution in [0.5, 0.6) is 0 Å². The number of nitrogens with one attached hydrogen (secondary N) is 1. The molecule has 0 bridgehead atoms. The van der Waals surface area contributed by atoms with Crippen LogP contribution < -0.4 is 10.2 Å². The fraction of sp³-hybridized carbons (Fsp3) is 0.455. The molecule has 3 rings (SSSR count). The molecule has 140 valence electrons. The second-order valence-electron chi connectivity index (χ2n) is 6.85. The van der Waals surface area contributed by atoms with Crippen LogP contribution in [0.25, 0.3) is 0 Å². The number of ether oxygens (including phenoxy) is 1. The van der Waals surface area contributed by atoms with Crippen LogP contribution in [-0.2, 0) is 23.4 Å². The second-order valence-corrected chi connectivity index (χ2v) is 6.85. The lowest BCUT2D eigenvalue weighted by Crippen LogP contribution is -2.44. The Morgan fingerprint density at radius 1 is 1.12 bits per heavy atom. The van der Waals surface area contributed by atoms with Gasteiger partial charge in [0.15, 0.2) is 0 Å². The quantitative estimate of drug-likeness (QED) is 0.810. The van der Waals surface area contributed by atoms with Gasteiger partial charge in [-0.15, -0.1) is 0 Å². The number of methoxy groups -OCH3 is 1. The van der Waals surface area contributed by atoms with E-state index in [-0.39, 0.29) is 0 Å². The number of benzene rings is 2. The van der Waals surface area contributed by atoms with Crippen molar-refractivity contribution in [3.8, 4) is 0 Å². The normalized spacial score (nSPS) is 17.1. The largest absolute Gasteiger partial charge is 0.369 e. The minimum absolute atomic E-state index is 0.309. The number of nitrogens with zero attached hydrogens (tertiary/aromatic N) is 1. The third kappa shape index (κ3) is 4.25. The van der Waals surface area contributed by atoms with Gasteiger partial charge in [0.05, 0.1) is 0 Å². The summed E-state index contributed by atoms with van der Waals surface area (Å²) in [5, 5.41) is 3.38. The molecule has 0 saturated carbocycles. The minimum Gasteiger partial charge on any atom is -0.369 e. The van der Waals surface area contributed by atoms with Gasteiger partial charge in [0.25, 0.3) is 0 Å². The summed E-state index contributed by atoms with van der Waals surface area (Å²) in [7, 11) is 1.46. The maximum Gasteiger partial charge on any atom is 0.235 e. The van der Waals surface area contributed by atoms with Crippen molar-refractivity contribution in [2.45, 2.75) is 32.0 Å². The standard InChI is InChI=1S/C22H29FN2O/c1-3-19-17-20(9-10-21(19)25-15-13-24-14-16-25)22(23,26-2)12-11-18-7-5-4-6-8-18/h4-10,17,24H,3,11-16H2,1-2H3. The molecular formula is C22H29FN2O. The number of piperazine rings is 1. The number of anilines is 1. The van der Waals surface area contributed by atoms with Crippen molar-refractivity contribution >= 4 is 5.69 Å². The zero-order valence-corrected chi connectivity index (χ0v) is 15.8. The summed E-state index contributed by atoms with van der Waals surface area (Å²) in [5.41, 5.74) is 4.15. The molecule has 1 N–H and O–H groups in total. The zero-order valence-electron chi connectivity index (χ0n) is 15.8.